The molecule has 2 aromatic rings. The topological polar surface area (TPSA) is 18.8 Å². The van der Waals surface area contributed by atoms with E-state index in [2.05, 4.69) is 97.7 Å². The van der Waals surface area contributed by atoms with Crippen LogP contribution in [-0.4, -0.2) is 21.2 Å². The smallest absolute Gasteiger partial charge is 0.142 e. The third kappa shape index (κ3) is 2.35. The molecule has 0 radical (unpaired) electrons. The maximum Gasteiger partial charge on any atom is 0.142 e. The van der Waals surface area contributed by atoms with Crippen molar-refractivity contribution in [2.24, 2.45) is 4.99 Å². The van der Waals surface area contributed by atoms with E-state index in [1.807, 2.05) is 13.8 Å². The average Bonchev–Trinajstić information content (AvgIpc) is 3.34. The summed E-state index contributed by atoms with van der Waals surface area (Å²) in [5.41, 5.74) is 5.88. The van der Waals surface area contributed by atoms with Crippen LogP contribution in [0.2, 0.25) is 0 Å². The zero-order valence-corrected chi connectivity index (χ0v) is 18.7. The van der Waals surface area contributed by atoms with Gasteiger partial charge < -0.3 is 9.80 Å². The summed E-state index contributed by atoms with van der Waals surface area (Å²) in [6.07, 6.45) is 8.49. The Hall–Kier alpha value is -2.81. The highest BCUT2D eigenvalue weighted by atomic mass is 15.5. The third-order valence-corrected chi connectivity index (χ3v) is 7.32. The Labute approximate surface area is 181 Å². The molecule has 3 unspecified atom stereocenters. The molecule has 3 heteroatoms. The normalized spacial score (nSPS) is 28.3. The molecule has 156 valence electrons. The number of nitrogens with zero attached hydrogens (tertiary/aromatic N) is 3. The Morgan fingerprint density at radius 1 is 0.967 bits per heavy atom. The minimum atomic E-state index is 0.260. The Morgan fingerprint density at radius 3 is 2.37 bits per heavy atom. The van der Waals surface area contributed by atoms with Crippen LogP contribution in [0, 0.1) is 0 Å². The van der Waals surface area contributed by atoms with Crippen molar-refractivity contribution in [3.63, 3.8) is 0 Å². The lowest BCUT2D eigenvalue weighted by atomic mass is 9.78. The fourth-order valence-corrected chi connectivity index (χ4v) is 6.02. The van der Waals surface area contributed by atoms with E-state index in [1.165, 1.54) is 30.4 Å². The van der Waals surface area contributed by atoms with Crippen molar-refractivity contribution in [1.82, 2.24) is 9.80 Å². The van der Waals surface area contributed by atoms with Gasteiger partial charge in [-0.15, -0.1) is 13.2 Å². The molecular formula is C27H33N3. The van der Waals surface area contributed by atoms with E-state index in [-0.39, 0.29) is 11.7 Å². The monoisotopic (exact) mass is 399 g/mol. The third-order valence-electron chi connectivity index (χ3n) is 7.32. The number of amidine groups is 1. The highest BCUT2D eigenvalue weighted by Gasteiger charge is 2.73. The van der Waals surface area contributed by atoms with Gasteiger partial charge in [0.2, 0.25) is 0 Å². The molecule has 6 rings (SSSR count). The molecule has 3 aliphatic heterocycles. The standard InChI is InChI=1S/C23H23N3.C2H6.C2H4/c1-3-22-15-23(22,4-2)26-14-13-25-20(16-9-6-5-7-10-16)24-18-12-8-11-17(22)19(18)21(25)26;2*1-2/h5-14,21H,3-4,15H2,1-2H3;1-2H3;1-2H2. The predicted octanol–water partition coefficient (Wildman–Crippen LogP) is 6.91. The van der Waals surface area contributed by atoms with E-state index >= 15 is 0 Å². The maximum atomic E-state index is 5.12. The van der Waals surface area contributed by atoms with Gasteiger partial charge in [0.1, 0.15) is 12.0 Å². The first-order chi connectivity index (χ1) is 14.8. The van der Waals surface area contributed by atoms with Crippen LogP contribution in [0.4, 0.5) is 5.69 Å². The molecule has 1 aliphatic carbocycles. The summed E-state index contributed by atoms with van der Waals surface area (Å²) >= 11 is 0. The minimum absolute atomic E-state index is 0.260. The fraction of sp³-hybridized carbons (Fsp3) is 0.370. The molecule has 0 saturated heterocycles. The maximum absolute atomic E-state index is 5.12. The summed E-state index contributed by atoms with van der Waals surface area (Å²) in [5.74, 6) is 1.06. The van der Waals surface area contributed by atoms with Gasteiger partial charge in [0, 0.05) is 28.9 Å². The molecule has 3 nitrogen and oxygen atoms in total. The molecule has 0 amide bonds. The summed E-state index contributed by atoms with van der Waals surface area (Å²) in [6, 6.07) is 17.4. The van der Waals surface area contributed by atoms with Crippen molar-refractivity contribution in [3.8, 4) is 0 Å². The molecule has 4 aliphatic rings. The first-order valence-electron chi connectivity index (χ1n) is 11.3. The molecular weight excluding hydrogens is 366 g/mol. The van der Waals surface area contributed by atoms with Crippen LogP contribution in [0.5, 0.6) is 0 Å². The average molecular weight is 400 g/mol. The Kier molecular flexibility index (Phi) is 5.09. The van der Waals surface area contributed by atoms with E-state index in [0.717, 1.165) is 11.5 Å². The van der Waals surface area contributed by atoms with Crippen molar-refractivity contribution in [2.45, 2.75) is 64.1 Å². The molecule has 3 heterocycles. The number of hydrogen-bond donors (Lipinski definition) is 0. The SMILES string of the molecule is C=C.CC.CCC12CC1(CC)N1C=CN3C(c4ccccc4)=Nc4cccc2c4C31. The van der Waals surface area contributed by atoms with Crippen molar-refractivity contribution < 1.29 is 0 Å². The zero-order chi connectivity index (χ0) is 21.5. The molecule has 30 heavy (non-hydrogen) atoms. The fourth-order valence-electron chi connectivity index (χ4n) is 6.02. The van der Waals surface area contributed by atoms with Crippen LogP contribution in [0.3, 0.4) is 0 Å². The van der Waals surface area contributed by atoms with Crippen LogP contribution in [0.25, 0.3) is 0 Å². The lowest BCUT2D eigenvalue weighted by molar-refractivity contribution is 0.101. The number of rotatable bonds is 3. The van der Waals surface area contributed by atoms with Crippen LogP contribution < -0.4 is 0 Å². The Bertz CT molecular complexity index is 992. The van der Waals surface area contributed by atoms with Gasteiger partial charge in [-0.2, -0.15) is 0 Å². The molecule has 0 N–H and O–H groups in total. The predicted molar refractivity (Wildman–Crippen MR) is 127 cm³/mol. The highest BCUT2D eigenvalue weighted by Crippen LogP contribution is 2.72. The molecule has 3 atom stereocenters. The summed E-state index contributed by atoms with van der Waals surface area (Å²) < 4.78 is 0. The van der Waals surface area contributed by atoms with Crippen molar-refractivity contribution >= 4 is 11.5 Å². The molecule has 1 saturated carbocycles. The number of hydrogen-bond acceptors (Lipinski definition) is 3. The molecule has 0 bridgehead atoms. The van der Waals surface area contributed by atoms with Gasteiger partial charge in [0.15, 0.2) is 0 Å². The van der Waals surface area contributed by atoms with E-state index in [0.29, 0.717) is 5.41 Å². The van der Waals surface area contributed by atoms with E-state index < -0.39 is 0 Å². The molecule has 1 fully saturated rings. The van der Waals surface area contributed by atoms with Crippen LogP contribution >= 0.6 is 0 Å². The molecule has 0 spiro atoms. The Balaban J connectivity index is 0.000000516. The largest absolute Gasteiger partial charge is 0.345 e. The first kappa shape index (κ1) is 20.5. The summed E-state index contributed by atoms with van der Waals surface area (Å²) in [4.78, 5) is 10.2. The van der Waals surface area contributed by atoms with Gasteiger partial charge in [-0.05, 0) is 30.9 Å². The Morgan fingerprint density at radius 2 is 1.70 bits per heavy atom. The van der Waals surface area contributed by atoms with Gasteiger partial charge in [0.05, 0.1) is 11.2 Å². The van der Waals surface area contributed by atoms with Gasteiger partial charge in [-0.1, -0.05) is 70.2 Å². The quantitative estimate of drug-likeness (QED) is 0.522. The molecule has 2 aromatic carbocycles. The van der Waals surface area contributed by atoms with E-state index in [1.54, 1.807) is 5.56 Å². The zero-order valence-electron chi connectivity index (χ0n) is 18.7. The highest BCUT2D eigenvalue weighted by molar-refractivity contribution is 6.03. The number of aliphatic imine (C=N–C) groups is 1. The second-order valence-electron chi connectivity index (χ2n) is 8.02. The van der Waals surface area contributed by atoms with Crippen molar-refractivity contribution in [3.05, 3.63) is 90.8 Å². The van der Waals surface area contributed by atoms with Gasteiger partial charge in [-0.25, -0.2) is 4.99 Å². The lowest BCUT2D eigenvalue weighted by Crippen LogP contribution is -2.50. The van der Waals surface area contributed by atoms with Crippen molar-refractivity contribution in [1.29, 1.82) is 0 Å². The summed E-state index contributed by atoms with van der Waals surface area (Å²) in [7, 11) is 0. The van der Waals surface area contributed by atoms with Crippen LogP contribution in [-0.2, 0) is 5.41 Å². The second-order valence-corrected chi connectivity index (χ2v) is 8.02. The number of benzene rings is 2. The van der Waals surface area contributed by atoms with Gasteiger partial charge >= 0.3 is 0 Å². The van der Waals surface area contributed by atoms with E-state index in [4.69, 9.17) is 4.99 Å². The lowest BCUT2D eigenvalue weighted by Gasteiger charge is -2.48. The van der Waals surface area contributed by atoms with Crippen molar-refractivity contribution in [2.75, 3.05) is 0 Å². The minimum Gasteiger partial charge on any atom is -0.345 e. The number of fused-ring (bicyclic) bond motifs is 3. The van der Waals surface area contributed by atoms with Crippen LogP contribution in [0.1, 0.15) is 69.8 Å². The van der Waals surface area contributed by atoms with Gasteiger partial charge in [-0.3, -0.25) is 0 Å². The summed E-state index contributed by atoms with van der Waals surface area (Å²) in [5, 5.41) is 0. The first-order valence-corrected chi connectivity index (χ1v) is 11.3. The van der Waals surface area contributed by atoms with E-state index in [9.17, 15) is 0 Å². The molecule has 0 aromatic heterocycles. The summed E-state index contributed by atoms with van der Waals surface area (Å²) in [6.45, 7) is 14.7. The van der Waals surface area contributed by atoms with Gasteiger partial charge in [0.25, 0.3) is 0 Å². The second kappa shape index (κ2) is 7.46. The van der Waals surface area contributed by atoms with Crippen LogP contribution in [0.15, 0.2) is 79.1 Å².